The monoisotopic (exact) mass is 349 g/mol. The van der Waals surface area contributed by atoms with Gasteiger partial charge in [-0.1, -0.05) is 0 Å². The van der Waals surface area contributed by atoms with Crippen molar-refractivity contribution in [2.45, 2.75) is 13.1 Å². The first-order chi connectivity index (χ1) is 11.3. The van der Waals surface area contributed by atoms with Gasteiger partial charge >= 0.3 is 0 Å². The smallest absolute Gasteiger partial charge is 0.244 e. The third kappa shape index (κ3) is 5.64. The molecule has 7 nitrogen and oxygen atoms in total. The zero-order valence-electron chi connectivity index (χ0n) is 13.5. The van der Waals surface area contributed by atoms with Crippen molar-refractivity contribution >= 4 is 22.0 Å². The Hall–Kier alpha value is -2.45. The zero-order chi connectivity index (χ0) is 17.6. The van der Waals surface area contributed by atoms with E-state index in [2.05, 4.69) is 10.3 Å². The van der Waals surface area contributed by atoms with E-state index in [0.717, 1.165) is 11.8 Å². The van der Waals surface area contributed by atoms with Crippen molar-refractivity contribution in [3.63, 3.8) is 0 Å². The maximum Gasteiger partial charge on any atom is 0.244 e. The molecule has 24 heavy (non-hydrogen) atoms. The first-order valence-electron chi connectivity index (χ1n) is 7.19. The highest BCUT2D eigenvalue weighted by Gasteiger charge is 2.13. The molecule has 0 spiro atoms. The number of rotatable bonds is 7. The molecule has 1 amide bonds. The van der Waals surface area contributed by atoms with Gasteiger partial charge in [0.2, 0.25) is 15.9 Å². The molecule has 0 bridgehead atoms. The average molecular weight is 349 g/mol. The van der Waals surface area contributed by atoms with Gasteiger partial charge in [-0.05, 0) is 35.9 Å². The van der Waals surface area contributed by atoms with Gasteiger partial charge in [-0.2, -0.15) is 4.31 Å². The Morgan fingerprint density at radius 2 is 2.00 bits per heavy atom. The molecule has 0 aliphatic heterocycles. The molecule has 2 aromatic rings. The van der Waals surface area contributed by atoms with Gasteiger partial charge in [-0.15, -0.1) is 0 Å². The molecule has 2 heterocycles. The highest BCUT2D eigenvalue weighted by molar-refractivity contribution is 7.88. The second kappa shape index (κ2) is 7.89. The van der Waals surface area contributed by atoms with Crippen molar-refractivity contribution < 1.29 is 17.6 Å². The van der Waals surface area contributed by atoms with Crippen LogP contribution in [0, 0.1) is 0 Å². The van der Waals surface area contributed by atoms with Gasteiger partial charge in [0.05, 0.1) is 12.8 Å². The largest absolute Gasteiger partial charge is 0.460 e. The molecule has 0 saturated carbocycles. The fourth-order valence-corrected chi connectivity index (χ4v) is 2.17. The standard InChI is InChI=1S/C16H19N3O4S/c1-19(24(2,21)22)12-15-4-3-14(23-15)5-6-16(20)18-11-13-7-9-17-10-8-13/h3-10H,11-12H2,1-2H3,(H,18,20)/b6-5+. The minimum atomic E-state index is -3.26. The minimum absolute atomic E-state index is 0.140. The number of carbonyl (C=O) groups excluding carboxylic acids is 1. The Bertz CT molecular complexity index is 813. The van der Waals surface area contributed by atoms with Crippen LogP contribution in [-0.2, 0) is 27.9 Å². The lowest BCUT2D eigenvalue weighted by atomic mass is 10.2. The molecule has 8 heteroatoms. The first kappa shape index (κ1) is 17.9. The van der Waals surface area contributed by atoms with Gasteiger partial charge in [0.15, 0.2) is 0 Å². The van der Waals surface area contributed by atoms with Crippen LogP contribution in [0.25, 0.3) is 6.08 Å². The summed E-state index contributed by atoms with van der Waals surface area (Å²) in [6, 6.07) is 7.00. The second-order valence-electron chi connectivity index (χ2n) is 5.23. The predicted octanol–water partition coefficient (Wildman–Crippen LogP) is 1.40. The van der Waals surface area contributed by atoms with Gasteiger partial charge in [0.25, 0.3) is 0 Å². The molecule has 1 N–H and O–H groups in total. The summed E-state index contributed by atoms with van der Waals surface area (Å²) in [5.74, 6) is 0.726. The van der Waals surface area contributed by atoms with E-state index in [1.54, 1.807) is 24.5 Å². The van der Waals surface area contributed by atoms with E-state index >= 15 is 0 Å². The Labute approximate surface area is 141 Å². The number of hydrogen-bond donors (Lipinski definition) is 1. The lowest BCUT2D eigenvalue weighted by molar-refractivity contribution is -0.116. The van der Waals surface area contributed by atoms with Crippen molar-refractivity contribution in [1.82, 2.24) is 14.6 Å². The summed E-state index contributed by atoms with van der Waals surface area (Å²) < 4.78 is 29.4. The number of furan rings is 1. The SMILES string of the molecule is CN(Cc1ccc(/C=C/C(=O)NCc2ccncc2)o1)S(C)(=O)=O. The number of amides is 1. The third-order valence-corrected chi connectivity index (χ3v) is 4.50. The number of nitrogens with zero attached hydrogens (tertiary/aromatic N) is 2. The number of nitrogens with one attached hydrogen (secondary N) is 1. The fraction of sp³-hybridized carbons (Fsp3) is 0.250. The summed E-state index contributed by atoms with van der Waals surface area (Å²) in [7, 11) is -1.79. The molecule has 0 atom stereocenters. The number of sulfonamides is 1. The normalized spacial score (nSPS) is 12.0. The number of carbonyl (C=O) groups is 1. The van der Waals surface area contributed by atoms with Gasteiger partial charge in [-0.25, -0.2) is 8.42 Å². The molecule has 0 unspecified atom stereocenters. The number of aromatic nitrogens is 1. The van der Waals surface area contributed by atoms with Crippen LogP contribution in [0.3, 0.4) is 0 Å². The van der Waals surface area contributed by atoms with E-state index in [1.165, 1.54) is 23.5 Å². The van der Waals surface area contributed by atoms with Crippen molar-refractivity contribution in [1.29, 1.82) is 0 Å². The minimum Gasteiger partial charge on any atom is -0.460 e. The topological polar surface area (TPSA) is 92.5 Å². The van der Waals surface area contributed by atoms with Crippen molar-refractivity contribution in [2.75, 3.05) is 13.3 Å². The fourth-order valence-electron chi connectivity index (χ4n) is 1.81. The van der Waals surface area contributed by atoms with Crippen LogP contribution in [0.15, 0.2) is 47.2 Å². The van der Waals surface area contributed by atoms with Crippen LogP contribution >= 0.6 is 0 Å². The maximum atomic E-state index is 11.8. The van der Waals surface area contributed by atoms with Gasteiger partial charge in [0, 0.05) is 32.1 Å². The van der Waals surface area contributed by atoms with E-state index < -0.39 is 10.0 Å². The molecule has 2 aromatic heterocycles. The third-order valence-electron chi connectivity index (χ3n) is 3.24. The molecule has 0 aromatic carbocycles. The lowest BCUT2D eigenvalue weighted by Crippen LogP contribution is -2.24. The number of pyridine rings is 1. The van der Waals surface area contributed by atoms with Crippen LogP contribution in [0.5, 0.6) is 0 Å². The molecule has 2 rings (SSSR count). The molecule has 128 valence electrons. The molecular weight excluding hydrogens is 330 g/mol. The Morgan fingerprint density at radius 1 is 1.29 bits per heavy atom. The Kier molecular flexibility index (Phi) is 5.88. The van der Waals surface area contributed by atoms with E-state index in [0.29, 0.717) is 18.1 Å². The first-order valence-corrected chi connectivity index (χ1v) is 9.04. The van der Waals surface area contributed by atoms with Gasteiger partial charge in [0.1, 0.15) is 11.5 Å². The van der Waals surface area contributed by atoms with E-state index in [4.69, 9.17) is 4.42 Å². The average Bonchev–Trinajstić information content (AvgIpc) is 2.98. The summed E-state index contributed by atoms with van der Waals surface area (Å²) in [5.41, 5.74) is 0.954. The molecule has 0 aliphatic rings. The van der Waals surface area contributed by atoms with Crippen molar-refractivity contribution in [3.8, 4) is 0 Å². The van der Waals surface area contributed by atoms with Crippen LogP contribution in [-0.4, -0.2) is 36.9 Å². The van der Waals surface area contributed by atoms with Crippen LogP contribution in [0.4, 0.5) is 0 Å². The highest BCUT2D eigenvalue weighted by Crippen LogP contribution is 2.12. The van der Waals surface area contributed by atoms with Crippen molar-refractivity contribution in [2.24, 2.45) is 0 Å². The van der Waals surface area contributed by atoms with Crippen molar-refractivity contribution in [3.05, 3.63) is 59.8 Å². The molecule has 0 saturated heterocycles. The summed E-state index contributed by atoms with van der Waals surface area (Å²) in [6.45, 7) is 0.551. The van der Waals surface area contributed by atoms with Crippen LogP contribution < -0.4 is 5.32 Å². The quantitative estimate of drug-likeness (QED) is 0.763. The summed E-state index contributed by atoms with van der Waals surface area (Å²) in [5, 5.41) is 2.75. The summed E-state index contributed by atoms with van der Waals surface area (Å²) >= 11 is 0. The second-order valence-corrected chi connectivity index (χ2v) is 7.32. The van der Waals surface area contributed by atoms with E-state index in [9.17, 15) is 13.2 Å². The molecule has 0 fully saturated rings. The molecular formula is C16H19N3O4S. The number of hydrogen-bond acceptors (Lipinski definition) is 5. The summed E-state index contributed by atoms with van der Waals surface area (Å²) in [4.78, 5) is 15.7. The van der Waals surface area contributed by atoms with Gasteiger partial charge < -0.3 is 9.73 Å². The Balaban J connectivity index is 1.87. The van der Waals surface area contributed by atoms with Crippen LogP contribution in [0.1, 0.15) is 17.1 Å². The lowest BCUT2D eigenvalue weighted by Gasteiger charge is -2.11. The molecule has 0 aliphatic carbocycles. The zero-order valence-corrected chi connectivity index (χ0v) is 14.3. The molecule has 0 radical (unpaired) electrons. The van der Waals surface area contributed by atoms with Gasteiger partial charge in [-0.3, -0.25) is 9.78 Å². The van der Waals surface area contributed by atoms with Crippen LogP contribution in [0.2, 0.25) is 0 Å². The highest BCUT2D eigenvalue weighted by atomic mass is 32.2. The maximum absolute atomic E-state index is 11.8. The van der Waals surface area contributed by atoms with E-state index in [1.807, 2.05) is 12.1 Å². The predicted molar refractivity (Wildman–Crippen MR) is 90.1 cm³/mol. The Morgan fingerprint density at radius 3 is 2.67 bits per heavy atom. The summed E-state index contributed by atoms with van der Waals surface area (Å²) in [6.07, 6.45) is 7.35. The van der Waals surface area contributed by atoms with E-state index in [-0.39, 0.29) is 12.5 Å².